The molecule has 1 aliphatic heterocycles. The molecular formula is C26H30N8O2. The van der Waals surface area contributed by atoms with Crippen LogP contribution in [0.1, 0.15) is 49.4 Å². The lowest BCUT2D eigenvalue weighted by molar-refractivity contribution is -0.116. The molecular weight excluding hydrogens is 456 g/mol. The van der Waals surface area contributed by atoms with Crippen molar-refractivity contribution in [1.82, 2.24) is 29.5 Å². The zero-order valence-electron chi connectivity index (χ0n) is 20.7. The number of fused-ring (bicyclic) bond motifs is 1. The minimum atomic E-state index is -0.415. The predicted octanol–water partition coefficient (Wildman–Crippen LogP) is 3.88. The summed E-state index contributed by atoms with van der Waals surface area (Å²) in [6, 6.07) is 7.46. The number of pyridine rings is 2. The van der Waals surface area contributed by atoms with Crippen molar-refractivity contribution in [3.63, 3.8) is 0 Å². The molecule has 0 atom stereocenters. The first kappa shape index (κ1) is 23.7. The SMILES string of the molecule is Cc1ncc(NC(=O)CCN2CCCC2(C)C)cc1NC(=O)c1nnc2cc(-c3cc[nH]c3)ccn12. The Bertz CT molecular complexity index is 1410. The van der Waals surface area contributed by atoms with Gasteiger partial charge in [-0.25, -0.2) is 0 Å². The van der Waals surface area contributed by atoms with Crippen LogP contribution in [0, 0.1) is 6.92 Å². The number of carbonyl (C=O) groups is 2. The summed E-state index contributed by atoms with van der Waals surface area (Å²) in [5.41, 5.74) is 4.36. The summed E-state index contributed by atoms with van der Waals surface area (Å²) in [6.45, 7) is 7.97. The van der Waals surface area contributed by atoms with Crippen molar-refractivity contribution < 1.29 is 9.59 Å². The van der Waals surface area contributed by atoms with E-state index in [4.69, 9.17) is 0 Å². The van der Waals surface area contributed by atoms with Gasteiger partial charge in [-0.2, -0.15) is 0 Å². The molecule has 1 fully saturated rings. The van der Waals surface area contributed by atoms with E-state index in [1.165, 1.54) is 0 Å². The fourth-order valence-corrected chi connectivity index (χ4v) is 4.67. The molecule has 3 N–H and O–H groups in total. The first-order valence-electron chi connectivity index (χ1n) is 12.1. The summed E-state index contributed by atoms with van der Waals surface area (Å²) in [4.78, 5) is 35.3. The van der Waals surface area contributed by atoms with Gasteiger partial charge in [0, 0.05) is 37.1 Å². The molecule has 5 rings (SSSR count). The number of carbonyl (C=O) groups excluding carboxylic acids is 2. The smallest absolute Gasteiger partial charge is 0.294 e. The van der Waals surface area contributed by atoms with E-state index in [0.29, 0.717) is 35.7 Å². The minimum absolute atomic E-state index is 0.0812. The highest BCUT2D eigenvalue weighted by atomic mass is 16.2. The number of likely N-dealkylation sites (tertiary alicyclic amines) is 1. The third-order valence-corrected chi connectivity index (χ3v) is 6.84. The monoisotopic (exact) mass is 486 g/mol. The Balaban J connectivity index is 1.26. The van der Waals surface area contributed by atoms with Crippen LogP contribution in [0.4, 0.5) is 11.4 Å². The van der Waals surface area contributed by atoms with Crippen molar-refractivity contribution in [2.45, 2.75) is 45.6 Å². The van der Waals surface area contributed by atoms with Gasteiger partial charge in [0.25, 0.3) is 5.91 Å². The molecule has 0 radical (unpaired) electrons. The third-order valence-electron chi connectivity index (χ3n) is 6.84. The van der Waals surface area contributed by atoms with E-state index in [1.807, 2.05) is 30.6 Å². The Morgan fingerprint density at radius 1 is 1.14 bits per heavy atom. The normalized spacial score (nSPS) is 15.3. The second-order valence-electron chi connectivity index (χ2n) is 9.78. The molecule has 186 valence electrons. The Labute approximate surface area is 209 Å². The van der Waals surface area contributed by atoms with E-state index in [9.17, 15) is 9.59 Å². The lowest BCUT2D eigenvalue weighted by Gasteiger charge is -2.31. The number of hydrogen-bond donors (Lipinski definition) is 3. The lowest BCUT2D eigenvalue weighted by Crippen LogP contribution is -2.39. The number of aromatic nitrogens is 5. The summed E-state index contributed by atoms with van der Waals surface area (Å²) in [7, 11) is 0. The number of aryl methyl sites for hydroxylation is 1. The molecule has 10 heteroatoms. The van der Waals surface area contributed by atoms with E-state index in [2.05, 4.69) is 49.5 Å². The largest absolute Gasteiger partial charge is 0.367 e. The van der Waals surface area contributed by atoms with Crippen LogP contribution in [0.15, 0.2) is 49.1 Å². The molecule has 0 bridgehead atoms. The average Bonchev–Trinajstić information content (AvgIpc) is 3.59. The molecule has 4 aromatic rings. The molecule has 10 nitrogen and oxygen atoms in total. The van der Waals surface area contributed by atoms with Gasteiger partial charge in [-0.1, -0.05) is 0 Å². The van der Waals surface area contributed by atoms with Crippen molar-refractivity contribution >= 4 is 28.8 Å². The fourth-order valence-electron chi connectivity index (χ4n) is 4.67. The predicted molar refractivity (Wildman–Crippen MR) is 138 cm³/mol. The molecule has 4 aromatic heterocycles. The van der Waals surface area contributed by atoms with E-state index in [-0.39, 0.29) is 17.3 Å². The average molecular weight is 487 g/mol. The Morgan fingerprint density at radius 2 is 2.00 bits per heavy atom. The van der Waals surface area contributed by atoms with Gasteiger partial charge in [-0.05, 0) is 75.5 Å². The molecule has 2 amide bonds. The van der Waals surface area contributed by atoms with Crippen molar-refractivity contribution in [2.75, 3.05) is 23.7 Å². The standard InChI is InChI=1S/C26H30N8O2/c1-17-21(14-20(16-28-17)29-23(35)7-11-33-10-4-8-26(33,2)3)30-25(36)24-32-31-22-13-18(6-12-34(22)24)19-5-9-27-15-19/h5-6,9,12-16,27H,4,7-8,10-11H2,1-3H3,(H,29,35)(H,30,36). The number of nitrogens with zero attached hydrogens (tertiary/aromatic N) is 5. The summed E-state index contributed by atoms with van der Waals surface area (Å²) >= 11 is 0. The summed E-state index contributed by atoms with van der Waals surface area (Å²) in [6.07, 6.45) is 9.82. The molecule has 0 unspecified atom stereocenters. The van der Waals surface area contributed by atoms with Crippen LogP contribution in [-0.4, -0.2) is 59.9 Å². The number of amides is 2. The Morgan fingerprint density at radius 3 is 2.75 bits per heavy atom. The second kappa shape index (κ2) is 9.54. The van der Waals surface area contributed by atoms with Crippen LogP contribution in [0.5, 0.6) is 0 Å². The number of H-pyrrole nitrogens is 1. The van der Waals surface area contributed by atoms with Gasteiger partial charge < -0.3 is 15.6 Å². The number of rotatable bonds is 7. The maximum Gasteiger partial charge on any atom is 0.294 e. The topological polar surface area (TPSA) is 120 Å². The molecule has 5 heterocycles. The third kappa shape index (κ3) is 4.85. The van der Waals surface area contributed by atoms with Crippen molar-refractivity contribution in [1.29, 1.82) is 0 Å². The van der Waals surface area contributed by atoms with Crippen LogP contribution in [0.3, 0.4) is 0 Å². The maximum absolute atomic E-state index is 13.0. The highest BCUT2D eigenvalue weighted by Crippen LogP contribution is 2.28. The first-order valence-corrected chi connectivity index (χ1v) is 12.1. The van der Waals surface area contributed by atoms with Crippen molar-refractivity contribution in [3.8, 4) is 11.1 Å². The Kier molecular flexibility index (Phi) is 6.27. The number of nitrogens with one attached hydrogen (secondary N) is 3. The van der Waals surface area contributed by atoms with Gasteiger partial charge in [0.15, 0.2) is 5.65 Å². The molecule has 0 spiro atoms. The van der Waals surface area contributed by atoms with Gasteiger partial charge in [-0.3, -0.25) is 23.9 Å². The van der Waals surface area contributed by atoms with Gasteiger partial charge >= 0.3 is 0 Å². The number of aromatic amines is 1. The Hall–Kier alpha value is -4.05. The molecule has 1 saturated heterocycles. The molecule has 36 heavy (non-hydrogen) atoms. The van der Waals surface area contributed by atoms with Crippen molar-refractivity contribution in [2.24, 2.45) is 0 Å². The molecule has 0 saturated carbocycles. The van der Waals surface area contributed by atoms with Gasteiger partial charge in [0.2, 0.25) is 11.7 Å². The van der Waals surface area contributed by atoms with E-state index >= 15 is 0 Å². The number of anilines is 2. The minimum Gasteiger partial charge on any atom is -0.367 e. The number of hydrogen-bond acceptors (Lipinski definition) is 6. The lowest BCUT2D eigenvalue weighted by atomic mass is 10.0. The van der Waals surface area contributed by atoms with Gasteiger partial charge in [-0.15, -0.1) is 10.2 Å². The van der Waals surface area contributed by atoms with Crippen LogP contribution < -0.4 is 10.6 Å². The van der Waals surface area contributed by atoms with E-state index < -0.39 is 5.91 Å². The highest BCUT2D eigenvalue weighted by Gasteiger charge is 2.31. The van der Waals surface area contributed by atoms with Crippen LogP contribution >= 0.6 is 0 Å². The highest BCUT2D eigenvalue weighted by molar-refractivity contribution is 6.03. The van der Waals surface area contributed by atoms with Crippen LogP contribution in [0.2, 0.25) is 0 Å². The molecule has 0 aromatic carbocycles. The summed E-state index contributed by atoms with van der Waals surface area (Å²) < 4.78 is 1.64. The van der Waals surface area contributed by atoms with Gasteiger partial charge in [0.1, 0.15) is 0 Å². The second-order valence-corrected chi connectivity index (χ2v) is 9.78. The maximum atomic E-state index is 13.0. The summed E-state index contributed by atoms with van der Waals surface area (Å²) in [5.74, 6) is -0.337. The van der Waals surface area contributed by atoms with E-state index in [0.717, 1.165) is 30.5 Å². The van der Waals surface area contributed by atoms with E-state index in [1.54, 1.807) is 29.8 Å². The van der Waals surface area contributed by atoms with Crippen molar-refractivity contribution in [3.05, 3.63) is 60.6 Å². The first-order chi connectivity index (χ1) is 17.3. The molecule has 1 aliphatic rings. The van der Waals surface area contributed by atoms with Gasteiger partial charge in [0.05, 0.1) is 23.3 Å². The van der Waals surface area contributed by atoms with Crippen LogP contribution in [0.25, 0.3) is 16.8 Å². The summed E-state index contributed by atoms with van der Waals surface area (Å²) in [5, 5.41) is 14.0. The quantitative estimate of drug-likeness (QED) is 0.365. The fraction of sp³-hybridized carbons (Fsp3) is 0.346. The van der Waals surface area contributed by atoms with Crippen LogP contribution in [-0.2, 0) is 4.79 Å². The molecule has 0 aliphatic carbocycles. The zero-order valence-corrected chi connectivity index (χ0v) is 20.7. The zero-order chi connectivity index (χ0) is 25.3.